The smallest absolute Gasteiger partial charge is 0.254 e. The van der Waals surface area contributed by atoms with Gasteiger partial charge in [0.2, 0.25) is 12.6 Å². The number of rotatable bonds is 17. The van der Waals surface area contributed by atoms with Crippen molar-refractivity contribution in [1.29, 1.82) is 0 Å². The number of hydrogen-bond donors (Lipinski definition) is 3. The minimum atomic E-state index is -1.35. The highest BCUT2D eigenvalue weighted by Crippen LogP contribution is 2.62. The quantitative estimate of drug-likeness (QED) is 0.0980. The number of aliphatic hydroxyl groups is 2. The second kappa shape index (κ2) is 16.5. The van der Waals surface area contributed by atoms with E-state index in [0.717, 1.165) is 42.5 Å². The molecule has 1 amide bonds. The first-order valence-corrected chi connectivity index (χ1v) is 18.5. The molecule has 0 radical (unpaired) electrons. The maximum atomic E-state index is 14.8. The van der Waals surface area contributed by atoms with E-state index in [2.05, 4.69) is 12.7 Å². The van der Waals surface area contributed by atoms with Crippen molar-refractivity contribution in [2.45, 2.75) is 83.0 Å². The van der Waals surface area contributed by atoms with Crippen LogP contribution >= 0.6 is 0 Å². The molecule has 3 N–H and O–H groups in total. The van der Waals surface area contributed by atoms with Crippen molar-refractivity contribution in [3.63, 3.8) is 0 Å². The van der Waals surface area contributed by atoms with Gasteiger partial charge in [0.15, 0.2) is 11.5 Å². The Morgan fingerprint density at radius 2 is 1.80 bits per heavy atom. The van der Waals surface area contributed by atoms with E-state index in [1.165, 1.54) is 0 Å². The van der Waals surface area contributed by atoms with Gasteiger partial charge in [-0.05, 0) is 92.8 Å². The van der Waals surface area contributed by atoms with E-state index in [1.54, 1.807) is 42.5 Å². The summed E-state index contributed by atoms with van der Waals surface area (Å²) in [6, 6.07) is 9.84. The molecule has 0 saturated heterocycles. The molecule has 276 valence electrons. The molecule has 51 heavy (non-hydrogen) atoms. The number of allylic oxidation sites excluding steroid dienone is 1. The van der Waals surface area contributed by atoms with Gasteiger partial charge < -0.3 is 44.0 Å². The number of carbonyl (C=O) groups is 1. The molecule has 2 aliphatic carbocycles. The molecule has 4 aliphatic rings. The number of phenolic OH excluding ortho intramolecular Hbond substituents is 1. The summed E-state index contributed by atoms with van der Waals surface area (Å²) in [5, 5.41) is 35.1. The molecule has 2 heterocycles. The van der Waals surface area contributed by atoms with Crippen molar-refractivity contribution >= 4 is 11.6 Å². The SMILES string of the molecule is C=CCOC12Oc3ccc(O)cc3C3C(CCCCO)C(CCCCO)C=C(C(=NOCC)CC1N(CCC)C(=O)c1ccc4c(c1)OCO4)C32. The number of ether oxygens (including phenoxy) is 4. The van der Waals surface area contributed by atoms with E-state index < -0.39 is 17.7 Å². The average molecular weight is 705 g/mol. The molecule has 0 spiro atoms. The van der Waals surface area contributed by atoms with Crippen molar-refractivity contribution < 1.29 is 43.9 Å². The third-order valence-corrected chi connectivity index (χ3v) is 10.7. The van der Waals surface area contributed by atoms with Crippen LogP contribution in [-0.4, -0.2) is 83.4 Å². The lowest BCUT2D eigenvalue weighted by Crippen LogP contribution is -2.70. The van der Waals surface area contributed by atoms with Gasteiger partial charge in [-0.3, -0.25) is 4.79 Å². The zero-order chi connectivity index (χ0) is 36.0. The lowest BCUT2D eigenvalue weighted by molar-refractivity contribution is -0.254. The molecule has 11 heteroatoms. The van der Waals surface area contributed by atoms with Crippen LogP contribution < -0.4 is 14.2 Å². The molecular weight excluding hydrogens is 652 g/mol. The highest BCUT2D eigenvalue weighted by molar-refractivity contribution is 6.03. The fraction of sp³-hybridized carbons (Fsp3) is 0.550. The number of hydrogen-bond acceptors (Lipinski definition) is 10. The zero-order valence-corrected chi connectivity index (χ0v) is 29.8. The first-order chi connectivity index (χ1) is 24.9. The van der Waals surface area contributed by atoms with Gasteiger partial charge in [0, 0.05) is 43.2 Å². The van der Waals surface area contributed by atoms with Crippen molar-refractivity contribution in [3.05, 3.63) is 71.8 Å². The van der Waals surface area contributed by atoms with Crippen LogP contribution in [0.4, 0.5) is 0 Å². The number of aromatic hydroxyl groups is 1. The zero-order valence-electron chi connectivity index (χ0n) is 29.8. The molecule has 2 aromatic rings. The number of benzene rings is 2. The molecule has 11 nitrogen and oxygen atoms in total. The molecule has 1 saturated carbocycles. The minimum absolute atomic E-state index is 0.0800. The number of aliphatic hydroxyl groups excluding tert-OH is 2. The molecule has 1 fully saturated rings. The van der Waals surface area contributed by atoms with Crippen molar-refractivity contribution in [1.82, 2.24) is 4.90 Å². The number of amides is 1. The lowest BCUT2D eigenvalue weighted by Gasteiger charge is -2.60. The Labute approximate surface area is 300 Å². The number of phenols is 1. The van der Waals surface area contributed by atoms with Crippen LogP contribution in [0.15, 0.2) is 65.9 Å². The van der Waals surface area contributed by atoms with Gasteiger partial charge in [-0.2, -0.15) is 0 Å². The van der Waals surface area contributed by atoms with E-state index in [0.29, 0.717) is 61.6 Å². The van der Waals surface area contributed by atoms with E-state index in [9.17, 15) is 20.1 Å². The summed E-state index contributed by atoms with van der Waals surface area (Å²) in [6.07, 6.45) is 9.69. The van der Waals surface area contributed by atoms with Gasteiger partial charge in [0.1, 0.15) is 24.1 Å². The lowest BCUT2D eigenvalue weighted by atomic mass is 9.55. The Bertz CT molecular complexity index is 1610. The topological polar surface area (TPSA) is 140 Å². The normalized spacial score (nSPS) is 26.5. The highest BCUT2D eigenvalue weighted by Gasteiger charge is 2.65. The first kappa shape index (κ1) is 36.7. The second-order valence-electron chi connectivity index (χ2n) is 13.8. The maximum absolute atomic E-state index is 14.8. The first-order valence-electron chi connectivity index (χ1n) is 18.5. The van der Waals surface area contributed by atoms with Gasteiger partial charge in [-0.25, -0.2) is 0 Å². The minimum Gasteiger partial charge on any atom is -0.508 e. The third kappa shape index (κ3) is 7.21. The average Bonchev–Trinajstić information content (AvgIpc) is 3.62. The molecule has 0 aromatic heterocycles. The molecule has 6 atom stereocenters. The van der Waals surface area contributed by atoms with Crippen LogP contribution in [0.5, 0.6) is 23.0 Å². The Morgan fingerprint density at radius 1 is 1.04 bits per heavy atom. The van der Waals surface area contributed by atoms with Gasteiger partial charge in [-0.15, -0.1) is 6.58 Å². The number of nitrogens with zero attached hydrogens (tertiary/aromatic N) is 2. The number of carbonyl (C=O) groups excluding carboxylic acids is 1. The predicted octanol–water partition coefficient (Wildman–Crippen LogP) is 6.33. The standard InChI is InChI=1S/C40H52N2O9/c1-4-17-42(39(46)27-13-15-34-35(22-27)48-25-47-34)36-24-32(41-50-6-3)30-21-26(11-7-9-18-43)29(12-8-10-19-44)37-31-23-28(45)14-16-33(31)51-40(36,38(30)37)49-20-5-2/h5,13-16,21-23,26,29,36-38,43-45H,2,4,6-12,17-20,24-25H2,1,3H3. The van der Waals surface area contributed by atoms with Crippen LogP contribution in [0.2, 0.25) is 0 Å². The van der Waals surface area contributed by atoms with Crippen LogP contribution in [-0.2, 0) is 9.57 Å². The largest absolute Gasteiger partial charge is 0.508 e. The Morgan fingerprint density at radius 3 is 2.55 bits per heavy atom. The van der Waals surface area contributed by atoms with E-state index >= 15 is 0 Å². The van der Waals surface area contributed by atoms with Gasteiger partial charge in [0.25, 0.3) is 5.91 Å². The van der Waals surface area contributed by atoms with Crippen LogP contribution in [0.1, 0.15) is 87.1 Å². The Balaban J connectivity index is 1.57. The molecule has 6 rings (SSSR count). The van der Waals surface area contributed by atoms with Crippen molar-refractivity contribution in [2.24, 2.45) is 22.9 Å². The molecule has 2 aliphatic heterocycles. The monoisotopic (exact) mass is 704 g/mol. The summed E-state index contributed by atoms with van der Waals surface area (Å²) in [7, 11) is 0. The summed E-state index contributed by atoms with van der Waals surface area (Å²) in [6.45, 7) is 9.21. The molecule has 2 aromatic carbocycles. The van der Waals surface area contributed by atoms with Crippen LogP contribution in [0.3, 0.4) is 0 Å². The predicted molar refractivity (Wildman–Crippen MR) is 192 cm³/mol. The summed E-state index contributed by atoms with van der Waals surface area (Å²) < 4.78 is 25.3. The van der Waals surface area contributed by atoms with Crippen molar-refractivity contribution in [3.8, 4) is 23.0 Å². The summed E-state index contributed by atoms with van der Waals surface area (Å²) in [5.41, 5.74) is 3.04. The fourth-order valence-corrected chi connectivity index (χ4v) is 8.64. The number of fused-ring (bicyclic) bond motifs is 3. The third-order valence-electron chi connectivity index (χ3n) is 10.7. The highest BCUT2D eigenvalue weighted by atomic mass is 16.7. The van der Waals surface area contributed by atoms with Gasteiger partial charge in [0.05, 0.1) is 18.2 Å². The van der Waals surface area contributed by atoms with Crippen molar-refractivity contribution in [2.75, 3.05) is 39.8 Å². The number of unbranched alkanes of at least 4 members (excludes halogenated alkanes) is 2. The summed E-state index contributed by atoms with van der Waals surface area (Å²) in [4.78, 5) is 22.4. The fourth-order valence-electron chi connectivity index (χ4n) is 8.64. The summed E-state index contributed by atoms with van der Waals surface area (Å²) >= 11 is 0. The second-order valence-corrected chi connectivity index (χ2v) is 13.8. The van der Waals surface area contributed by atoms with E-state index in [4.69, 9.17) is 28.9 Å². The Kier molecular flexibility index (Phi) is 11.9. The number of oxime groups is 1. The summed E-state index contributed by atoms with van der Waals surface area (Å²) in [5.74, 6) is -0.120. The maximum Gasteiger partial charge on any atom is 0.254 e. The van der Waals surface area contributed by atoms with E-state index in [1.807, 2.05) is 18.7 Å². The Hall–Kier alpha value is -4.06. The van der Waals surface area contributed by atoms with Gasteiger partial charge >= 0.3 is 0 Å². The van der Waals surface area contributed by atoms with Crippen LogP contribution in [0, 0.1) is 17.8 Å². The van der Waals surface area contributed by atoms with E-state index in [-0.39, 0.29) is 56.0 Å². The molecule has 0 bridgehead atoms. The van der Waals surface area contributed by atoms with Gasteiger partial charge in [-0.1, -0.05) is 37.1 Å². The molecule has 6 unspecified atom stereocenters. The molecular formula is C40H52N2O9. The van der Waals surface area contributed by atoms with Crippen LogP contribution in [0.25, 0.3) is 0 Å².